The lowest BCUT2D eigenvalue weighted by molar-refractivity contribution is 1.31. The summed E-state index contributed by atoms with van der Waals surface area (Å²) in [5.74, 6) is 0.907. The summed E-state index contributed by atoms with van der Waals surface area (Å²) in [5, 5.41) is 0. The maximum absolute atomic E-state index is 4.32. The van der Waals surface area contributed by atoms with Gasteiger partial charge in [0.1, 0.15) is 5.82 Å². The molecule has 0 aliphatic rings. The van der Waals surface area contributed by atoms with E-state index in [1.807, 2.05) is 30.5 Å². The second-order valence-electron chi connectivity index (χ2n) is 3.85. The van der Waals surface area contributed by atoms with Crippen molar-refractivity contribution in [2.24, 2.45) is 0 Å². The van der Waals surface area contributed by atoms with E-state index in [1.165, 1.54) is 11.1 Å². The summed E-state index contributed by atoms with van der Waals surface area (Å²) >= 11 is 0. The summed E-state index contributed by atoms with van der Waals surface area (Å²) in [6.45, 7) is 0. The molecule has 17 heavy (non-hydrogen) atoms. The molecule has 2 heteroatoms. The molecular formula is C15H12N2. The molecule has 1 aromatic heterocycles. The Morgan fingerprint density at radius 1 is 0.765 bits per heavy atom. The normalized spacial score (nSPS) is 10.4. The van der Waals surface area contributed by atoms with E-state index in [0.717, 1.165) is 11.4 Å². The standard InChI is InChI=1S/C15H12N2/c1-2-6-12(7-3-1)13-8-4-5-9-14(13)15-16-10-11-17-15/h1-11H,(H,16,17). The Morgan fingerprint density at radius 2 is 1.47 bits per heavy atom. The summed E-state index contributed by atoms with van der Waals surface area (Å²) in [6, 6.07) is 18.6. The Hall–Kier alpha value is -2.35. The van der Waals surface area contributed by atoms with Crippen LogP contribution in [0.3, 0.4) is 0 Å². The Morgan fingerprint density at radius 3 is 2.18 bits per heavy atom. The highest BCUT2D eigenvalue weighted by Gasteiger charge is 2.07. The zero-order valence-electron chi connectivity index (χ0n) is 9.30. The van der Waals surface area contributed by atoms with Crippen molar-refractivity contribution in [2.75, 3.05) is 0 Å². The number of nitrogens with one attached hydrogen (secondary N) is 1. The summed E-state index contributed by atoms with van der Waals surface area (Å²) in [4.78, 5) is 7.47. The number of aromatic nitrogens is 2. The van der Waals surface area contributed by atoms with E-state index in [1.54, 1.807) is 6.20 Å². The maximum atomic E-state index is 4.32. The molecule has 0 radical (unpaired) electrons. The summed E-state index contributed by atoms with van der Waals surface area (Å²) in [6.07, 6.45) is 3.62. The molecule has 3 aromatic rings. The quantitative estimate of drug-likeness (QED) is 0.700. The predicted molar refractivity (Wildman–Crippen MR) is 69.5 cm³/mol. The molecule has 0 unspecified atom stereocenters. The van der Waals surface area contributed by atoms with Gasteiger partial charge in [0.15, 0.2) is 0 Å². The fraction of sp³-hybridized carbons (Fsp3) is 0. The van der Waals surface area contributed by atoms with Crippen LogP contribution < -0.4 is 0 Å². The molecule has 0 aliphatic carbocycles. The lowest BCUT2D eigenvalue weighted by atomic mass is 9.99. The van der Waals surface area contributed by atoms with Gasteiger partial charge in [-0.1, -0.05) is 54.6 Å². The van der Waals surface area contributed by atoms with Crippen LogP contribution in [0.5, 0.6) is 0 Å². The van der Waals surface area contributed by atoms with E-state index in [0.29, 0.717) is 0 Å². The van der Waals surface area contributed by atoms with Crippen LogP contribution in [0.1, 0.15) is 0 Å². The number of rotatable bonds is 2. The number of benzene rings is 2. The molecule has 0 bridgehead atoms. The lowest BCUT2D eigenvalue weighted by Gasteiger charge is -2.07. The minimum atomic E-state index is 0.907. The molecule has 0 fully saturated rings. The third-order valence-corrected chi connectivity index (χ3v) is 2.77. The van der Waals surface area contributed by atoms with Crippen molar-refractivity contribution in [3.8, 4) is 22.5 Å². The van der Waals surface area contributed by atoms with Crippen molar-refractivity contribution < 1.29 is 0 Å². The highest BCUT2D eigenvalue weighted by Crippen LogP contribution is 2.29. The molecule has 1 N–H and O–H groups in total. The number of hydrogen-bond acceptors (Lipinski definition) is 1. The topological polar surface area (TPSA) is 28.7 Å². The molecule has 0 amide bonds. The minimum Gasteiger partial charge on any atom is -0.345 e. The van der Waals surface area contributed by atoms with Gasteiger partial charge >= 0.3 is 0 Å². The average Bonchev–Trinajstić information content (AvgIpc) is 2.94. The Labute approximate surface area is 100.0 Å². The first-order chi connectivity index (χ1) is 8.45. The molecule has 0 saturated heterocycles. The zero-order valence-corrected chi connectivity index (χ0v) is 9.30. The van der Waals surface area contributed by atoms with Crippen molar-refractivity contribution in [3.05, 3.63) is 67.0 Å². The van der Waals surface area contributed by atoms with E-state index in [2.05, 4.69) is 40.3 Å². The predicted octanol–water partition coefficient (Wildman–Crippen LogP) is 3.74. The highest BCUT2D eigenvalue weighted by molar-refractivity contribution is 5.80. The lowest BCUT2D eigenvalue weighted by Crippen LogP contribution is -1.86. The third kappa shape index (κ3) is 1.85. The van der Waals surface area contributed by atoms with Gasteiger partial charge in [-0.05, 0) is 11.1 Å². The second-order valence-corrected chi connectivity index (χ2v) is 3.85. The fourth-order valence-corrected chi connectivity index (χ4v) is 1.97. The molecule has 2 aromatic carbocycles. The molecule has 0 atom stereocenters. The first kappa shape index (κ1) is 9.85. The summed E-state index contributed by atoms with van der Waals surface area (Å²) in [5.41, 5.74) is 3.53. The van der Waals surface area contributed by atoms with Crippen LogP contribution in [0.25, 0.3) is 22.5 Å². The smallest absolute Gasteiger partial charge is 0.137 e. The largest absolute Gasteiger partial charge is 0.345 e. The molecule has 2 nitrogen and oxygen atoms in total. The van der Waals surface area contributed by atoms with Gasteiger partial charge in [-0.15, -0.1) is 0 Å². The number of H-pyrrole nitrogens is 1. The third-order valence-electron chi connectivity index (χ3n) is 2.77. The van der Waals surface area contributed by atoms with Gasteiger partial charge in [-0.2, -0.15) is 0 Å². The van der Waals surface area contributed by atoms with Crippen LogP contribution >= 0.6 is 0 Å². The monoisotopic (exact) mass is 220 g/mol. The summed E-state index contributed by atoms with van der Waals surface area (Å²) < 4.78 is 0. The van der Waals surface area contributed by atoms with Gasteiger partial charge in [-0.25, -0.2) is 4.98 Å². The van der Waals surface area contributed by atoms with Gasteiger partial charge in [-0.3, -0.25) is 0 Å². The Bertz CT molecular complexity index is 598. The number of aromatic amines is 1. The number of imidazole rings is 1. The molecular weight excluding hydrogens is 208 g/mol. The second kappa shape index (κ2) is 4.26. The van der Waals surface area contributed by atoms with Crippen molar-refractivity contribution >= 4 is 0 Å². The first-order valence-corrected chi connectivity index (χ1v) is 5.59. The number of hydrogen-bond donors (Lipinski definition) is 1. The van der Waals surface area contributed by atoms with E-state index < -0.39 is 0 Å². The van der Waals surface area contributed by atoms with Crippen molar-refractivity contribution in [1.82, 2.24) is 9.97 Å². The van der Waals surface area contributed by atoms with Crippen molar-refractivity contribution in [3.63, 3.8) is 0 Å². The van der Waals surface area contributed by atoms with Crippen molar-refractivity contribution in [2.45, 2.75) is 0 Å². The van der Waals surface area contributed by atoms with Gasteiger partial charge in [0.2, 0.25) is 0 Å². The molecule has 82 valence electrons. The molecule has 3 rings (SSSR count). The average molecular weight is 220 g/mol. The van der Waals surface area contributed by atoms with Gasteiger partial charge < -0.3 is 4.98 Å². The molecule has 0 aliphatic heterocycles. The van der Waals surface area contributed by atoms with Gasteiger partial charge in [0, 0.05) is 18.0 Å². The molecule has 1 heterocycles. The highest BCUT2D eigenvalue weighted by atomic mass is 14.9. The maximum Gasteiger partial charge on any atom is 0.137 e. The van der Waals surface area contributed by atoms with Gasteiger partial charge in [0.05, 0.1) is 0 Å². The molecule has 0 saturated carbocycles. The van der Waals surface area contributed by atoms with E-state index in [9.17, 15) is 0 Å². The fourth-order valence-electron chi connectivity index (χ4n) is 1.97. The van der Waals surface area contributed by atoms with E-state index in [4.69, 9.17) is 0 Å². The van der Waals surface area contributed by atoms with Crippen LogP contribution in [0.15, 0.2) is 67.0 Å². The van der Waals surface area contributed by atoms with Crippen LogP contribution in [0.2, 0.25) is 0 Å². The zero-order chi connectivity index (χ0) is 11.5. The minimum absolute atomic E-state index is 0.907. The van der Waals surface area contributed by atoms with Crippen molar-refractivity contribution in [1.29, 1.82) is 0 Å². The summed E-state index contributed by atoms with van der Waals surface area (Å²) in [7, 11) is 0. The van der Waals surface area contributed by atoms with Crippen LogP contribution in [0, 0.1) is 0 Å². The Balaban J connectivity index is 2.18. The van der Waals surface area contributed by atoms with Gasteiger partial charge in [0.25, 0.3) is 0 Å². The molecule has 0 spiro atoms. The first-order valence-electron chi connectivity index (χ1n) is 5.59. The van der Waals surface area contributed by atoms with Crippen LogP contribution in [-0.2, 0) is 0 Å². The number of nitrogens with zero attached hydrogens (tertiary/aromatic N) is 1. The van der Waals surface area contributed by atoms with E-state index >= 15 is 0 Å². The van der Waals surface area contributed by atoms with Crippen LogP contribution in [0.4, 0.5) is 0 Å². The van der Waals surface area contributed by atoms with Crippen LogP contribution in [-0.4, -0.2) is 9.97 Å². The van der Waals surface area contributed by atoms with E-state index in [-0.39, 0.29) is 0 Å². The Kier molecular flexibility index (Phi) is 2.47. The SMILES string of the molecule is c1ccc(-c2ccccc2-c2ncc[nH]2)cc1.